The van der Waals surface area contributed by atoms with Gasteiger partial charge in [-0.1, -0.05) is 6.07 Å². The van der Waals surface area contributed by atoms with Crippen LogP contribution in [-0.2, 0) is 16.0 Å². The summed E-state index contributed by atoms with van der Waals surface area (Å²) in [6.07, 6.45) is 0.571. The van der Waals surface area contributed by atoms with E-state index in [4.69, 9.17) is 14.8 Å². The molecule has 180 valence electrons. The first-order valence-electron chi connectivity index (χ1n) is 10.9. The quantitative estimate of drug-likeness (QED) is 0.294. The van der Waals surface area contributed by atoms with Gasteiger partial charge < -0.3 is 40.1 Å². The van der Waals surface area contributed by atoms with Crippen LogP contribution in [0.25, 0.3) is 0 Å². The Morgan fingerprint density at radius 2 is 1.94 bits per heavy atom. The maximum absolute atomic E-state index is 12.6. The van der Waals surface area contributed by atoms with Crippen molar-refractivity contribution >= 4 is 24.9 Å². The molecule has 1 aromatic rings. The molecular weight excluding hydrogens is 433 g/mol. The summed E-state index contributed by atoms with van der Waals surface area (Å²) in [4.78, 5) is 39.4. The molecule has 33 heavy (non-hydrogen) atoms. The lowest BCUT2D eigenvalue weighted by Crippen LogP contribution is -2.56. The maximum Gasteiger partial charge on any atom is 0.451 e. The van der Waals surface area contributed by atoms with Gasteiger partial charge in [0.1, 0.15) is 23.2 Å². The number of likely N-dealkylation sites (tertiary alicyclic amines) is 1. The molecule has 0 aliphatic carbocycles. The zero-order valence-electron chi connectivity index (χ0n) is 18.7. The van der Waals surface area contributed by atoms with Gasteiger partial charge in [0.15, 0.2) is 0 Å². The summed E-state index contributed by atoms with van der Waals surface area (Å²) in [6.45, 7) is 1.21. The topological polar surface area (TPSA) is 160 Å². The minimum Gasteiger partial charge on any atom is -0.507 e. The molecule has 2 saturated heterocycles. The Kier molecular flexibility index (Phi) is 7.82. The van der Waals surface area contributed by atoms with E-state index in [-0.39, 0.29) is 47.8 Å². The summed E-state index contributed by atoms with van der Waals surface area (Å²) in [5.41, 5.74) is -0.118. The second kappa shape index (κ2) is 10.4. The average molecular weight is 463 g/mol. The Morgan fingerprint density at radius 3 is 2.55 bits per heavy atom. The molecule has 0 bridgehead atoms. The Balaban J connectivity index is 1.52. The minimum absolute atomic E-state index is 0.00147. The van der Waals surface area contributed by atoms with E-state index in [0.29, 0.717) is 32.5 Å². The van der Waals surface area contributed by atoms with Crippen LogP contribution in [0.15, 0.2) is 12.1 Å². The number of rotatable bonds is 9. The van der Waals surface area contributed by atoms with E-state index >= 15 is 0 Å². The van der Waals surface area contributed by atoms with Gasteiger partial charge >= 0.3 is 13.1 Å². The standard InChI is InChI=1S/C21H30BN3O8/c1-24(2)20(28)15-7-12(9-23-15)8-17(26)25-10-14(11-25)33-16-4-3-13(5-6-22(31)32)19(27)18(16)21(29)30/h3-4,12,14-15,23,27,31-32H,5-11H2,1-2H3,(H,29,30)/t12-,15+/m0/s1. The van der Waals surface area contributed by atoms with Crippen molar-refractivity contribution in [3.05, 3.63) is 23.3 Å². The number of carbonyl (C=O) groups is 3. The average Bonchev–Trinajstić information content (AvgIpc) is 3.16. The summed E-state index contributed by atoms with van der Waals surface area (Å²) in [5, 5.41) is 41.0. The number of likely N-dealkylation sites (N-methyl/N-ethyl adjacent to an activating group) is 1. The fraction of sp³-hybridized carbons (Fsp3) is 0.571. The number of amides is 2. The van der Waals surface area contributed by atoms with Gasteiger partial charge in [-0.3, -0.25) is 9.59 Å². The predicted molar refractivity (Wildman–Crippen MR) is 118 cm³/mol. The smallest absolute Gasteiger partial charge is 0.451 e. The summed E-state index contributed by atoms with van der Waals surface area (Å²) >= 11 is 0. The number of carboxylic acid groups (broad SMARTS) is 1. The molecule has 0 saturated carbocycles. The van der Waals surface area contributed by atoms with Crippen LogP contribution in [-0.4, -0.2) is 101 Å². The molecule has 0 unspecified atom stereocenters. The highest BCUT2D eigenvalue weighted by Gasteiger charge is 2.37. The molecule has 2 heterocycles. The van der Waals surface area contributed by atoms with Gasteiger partial charge in [0.25, 0.3) is 0 Å². The van der Waals surface area contributed by atoms with Gasteiger partial charge in [-0.25, -0.2) is 4.79 Å². The van der Waals surface area contributed by atoms with Crippen LogP contribution in [0.1, 0.15) is 28.8 Å². The molecule has 0 aromatic heterocycles. The number of aromatic carboxylic acids is 1. The van der Waals surface area contributed by atoms with Gasteiger partial charge in [0.2, 0.25) is 11.8 Å². The number of nitrogens with zero attached hydrogens (tertiary/aromatic N) is 2. The highest BCUT2D eigenvalue weighted by Crippen LogP contribution is 2.34. The lowest BCUT2D eigenvalue weighted by atomic mass is 9.82. The highest BCUT2D eigenvalue weighted by atomic mass is 16.5. The molecule has 2 aliphatic rings. The molecule has 11 nitrogen and oxygen atoms in total. The summed E-state index contributed by atoms with van der Waals surface area (Å²) < 4.78 is 5.73. The van der Waals surface area contributed by atoms with Gasteiger partial charge in [-0.15, -0.1) is 0 Å². The van der Waals surface area contributed by atoms with Gasteiger partial charge in [-0.05, 0) is 43.3 Å². The minimum atomic E-state index is -1.56. The molecule has 2 fully saturated rings. The lowest BCUT2D eigenvalue weighted by Gasteiger charge is -2.39. The van der Waals surface area contributed by atoms with Crippen LogP contribution in [0.4, 0.5) is 0 Å². The van der Waals surface area contributed by atoms with E-state index in [1.54, 1.807) is 19.0 Å². The van der Waals surface area contributed by atoms with Gasteiger partial charge in [0.05, 0.1) is 19.1 Å². The summed E-state index contributed by atoms with van der Waals surface area (Å²) in [7, 11) is 1.84. The van der Waals surface area contributed by atoms with Crippen molar-refractivity contribution in [3.8, 4) is 11.5 Å². The number of nitrogens with one attached hydrogen (secondary N) is 1. The van der Waals surface area contributed by atoms with E-state index in [1.807, 2.05) is 0 Å². The molecule has 0 spiro atoms. The first kappa shape index (κ1) is 24.8. The fourth-order valence-electron chi connectivity index (χ4n) is 4.14. The van der Waals surface area contributed by atoms with Crippen molar-refractivity contribution in [3.63, 3.8) is 0 Å². The molecular formula is C21H30BN3O8. The van der Waals surface area contributed by atoms with Crippen LogP contribution in [0.2, 0.25) is 6.32 Å². The van der Waals surface area contributed by atoms with E-state index < -0.39 is 30.5 Å². The number of aryl methyl sites for hydroxylation is 1. The van der Waals surface area contributed by atoms with Crippen LogP contribution in [0, 0.1) is 5.92 Å². The normalized spacial score (nSPS) is 20.3. The Hall–Kier alpha value is -2.83. The van der Waals surface area contributed by atoms with Crippen molar-refractivity contribution in [2.45, 2.75) is 37.7 Å². The van der Waals surface area contributed by atoms with Crippen LogP contribution in [0.5, 0.6) is 11.5 Å². The van der Waals surface area contributed by atoms with Crippen LogP contribution in [0.3, 0.4) is 0 Å². The SMILES string of the molecule is CN(C)C(=O)[C@H]1C[C@@H](CC(=O)N2CC(Oc3ccc(CCB(O)O)c(O)c3C(=O)O)C2)CN1. The van der Waals surface area contributed by atoms with Gasteiger partial charge in [0, 0.05) is 20.5 Å². The van der Waals surface area contributed by atoms with Crippen LogP contribution < -0.4 is 10.1 Å². The summed E-state index contributed by atoms with van der Waals surface area (Å²) in [6, 6.07) is 2.65. The van der Waals surface area contributed by atoms with Crippen molar-refractivity contribution < 1.29 is 39.4 Å². The Labute approximate surface area is 192 Å². The molecule has 0 radical (unpaired) electrons. The van der Waals surface area contributed by atoms with Crippen molar-refractivity contribution in [2.24, 2.45) is 5.92 Å². The third-order valence-electron chi connectivity index (χ3n) is 6.03. The third kappa shape index (κ3) is 5.95. The highest BCUT2D eigenvalue weighted by molar-refractivity contribution is 6.41. The van der Waals surface area contributed by atoms with Gasteiger partial charge in [-0.2, -0.15) is 0 Å². The first-order chi connectivity index (χ1) is 15.6. The van der Waals surface area contributed by atoms with Crippen LogP contribution >= 0.6 is 0 Å². The summed E-state index contributed by atoms with van der Waals surface area (Å²) in [5.74, 6) is -1.81. The molecule has 2 amide bonds. The zero-order chi connectivity index (χ0) is 24.3. The zero-order valence-corrected chi connectivity index (χ0v) is 18.7. The first-order valence-corrected chi connectivity index (χ1v) is 10.9. The Morgan fingerprint density at radius 1 is 1.24 bits per heavy atom. The van der Waals surface area contributed by atoms with E-state index in [9.17, 15) is 24.6 Å². The molecule has 2 atom stereocenters. The van der Waals surface area contributed by atoms with E-state index in [0.717, 1.165) is 0 Å². The monoisotopic (exact) mass is 463 g/mol. The van der Waals surface area contributed by atoms with E-state index in [1.165, 1.54) is 17.0 Å². The molecule has 3 rings (SSSR count). The van der Waals surface area contributed by atoms with Crippen molar-refractivity contribution in [1.29, 1.82) is 0 Å². The fourth-order valence-corrected chi connectivity index (χ4v) is 4.14. The number of phenols is 1. The van der Waals surface area contributed by atoms with Crippen molar-refractivity contribution in [2.75, 3.05) is 33.7 Å². The number of hydrogen-bond donors (Lipinski definition) is 5. The molecule has 1 aromatic carbocycles. The second-order valence-electron chi connectivity index (χ2n) is 8.81. The maximum atomic E-state index is 12.6. The molecule has 2 aliphatic heterocycles. The predicted octanol–water partition coefficient (Wildman–Crippen LogP) is -0.848. The third-order valence-corrected chi connectivity index (χ3v) is 6.03. The molecule has 12 heteroatoms. The van der Waals surface area contributed by atoms with Crippen molar-refractivity contribution in [1.82, 2.24) is 15.1 Å². The number of hydrogen-bond acceptors (Lipinski definition) is 8. The number of carboxylic acids is 1. The largest absolute Gasteiger partial charge is 0.507 e. The number of carbonyl (C=O) groups excluding carboxylic acids is 2. The number of ether oxygens (including phenoxy) is 1. The number of benzene rings is 1. The Bertz CT molecular complexity index is 904. The lowest BCUT2D eigenvalue weighted by molar-refractivity contribution is -0.141. The number of aromatic hydroxyl groups is 1. The second-order valence-corrected chi connectivity index (χ2v) is 8.81. The van der Waals surface area contributed by atoms with E-state index in [2.05, 4.69) is 5.32 Å². The molecule has 5 N–H and O–H groups in total.